The Hall–Kier alpha value is -4.93. The van der Waals surface area contributed by atoms with E-state index in [1.807, 2.05) is 38.1 Å². The Kier molecular flexibility index (Phi) is 12.8. The Morgan fingerprint density at radius 2 is 1.15 bits per heavy atom. The van der Waals surface area contributed by atoms with Gasteiger partial charge in [-0.1, -0.05) is 40.9 Å². The minimum absolute atomic E-state index is 0.223. The second-order valence-electron chi connectivity index (χ2n) is 15.4. The second-order valence-corrected chi connectivity index (χ2v) is 16.6. The van der Waals surface area contributed by atoms with Gasteiger partial charge in [0.05, 0.1) is 27.8 Å². The predicted octanol–water partition coefficient (Wildman–Crippen LogP) is 6.87. The number of fused-ring (bicyclic) bond motifs is 4. The molecule has 0 saturated carbocycles. The summed E-state index contributed by atoms with van der Waals surface area (Å²) in [5.74, 6) is 1.33. The average Bonchev–Trinajstić information content (AvgIpc) is 4.07. The van der Waals surface area contributed by atoms with Crippen molar-refractivity contribution in [2.45, 2.75) is 108 Å². The molecule has 4 aromatic heterocycles. The van der Waals surface area contributed by atoms with E-state index in [4.69, 9.17) is 50.0 Å². The molecule has 15 nitrogen and oxygen atoms in total. The largest absolute Gasteiger partial charge is 0.474 e. The number of nitrogens with two attached hydrogens (primary N) is 1. The molecule has 8 heterocycles. The molecule has 4 aliphatic rings. The lowest BCUT2D eigenvalue weighted by Gasteiger charge is -2.29. The number of nitrogens with zero attached hydrogens (tertiary/aromatic N) is 10. The maximum absolute atomic E-state index is 6.54. The third-order valence-corrected chi connectivity index (χ3v) is 12.3. The molecule has 4 fully saturated rings. The van der Waals surface area contributed by atoms with Crippen LogP contribution >= 0.6 is 34.8 Å². The van der Waals surface area contributed by atoms with Crippen molar-refractivity contribution in [3.63, 3.8) is 0 Å². The first-order valence-corrected chi connectivity index (χ1v) is 20.9. The summed E-state index contributed by atoms with van der Waals surface area (Å²) in [6, 6.07) is 13.6. The maximum atomic E-state index is 6.54. The topological polar surface area (TPSA) is 182 Å². The Bertz CT molecular complexity index is 2310. The van der Waals surface area contributed by atoms with Gasteiger partial charge < -0.3 is 25.8 Å². The van der Waals surface area contributed by atoms with E-state index in [1.165, 1.54) is 44.7 Å². The van der Waals surface area contributed by atoms with Crippen LogP contribution in [-0.2, 0) is 6.42 Å². The third-order valence-electron chi connectivity index (χ3n) is 11.3. The number of piperidine rings is 2. The molecule has 18 heteroatoms. The molecule has 4 N–H and O–H groups in total. The van der Waals surface area contributed by atoms with Crippen molar-refractivity contribution >= 4 is 40.5 Å². The van der Waals surface area contributed by atoms with Crippen LogP contribution in [0.4, 0.5) is 5.69 Å². The number of aromatic nitrogens is 10. The quantitative estimate of drug-likeness (QED) is 0.107. The molecular weight excluding hydrogens is 813 g/mol. The van der Waals surface area contributed by atoms with Crippen molar-refractivity contribution in [1.29, 1.82) is 0 Å². The van der Waals surface area contributed by atoms with E-state index in [0.29, 0.717) is 63.2 Å². The Labute approximate surface area is 357 Å². The van der Waals surface area contributed by atoms with E-state index in [-0.39, 0.29) is 12.2 Å². The van der Waals surface area contributed by atoms with E-state index < -0.39 is 0 Å². The van der Waals surface area contributed by atoms with Gasteiger partial charge in [-0.2, -0.15) is 10.2 Å². The summed E-state index contributed by atoms with van der Waals surface area (Å²) >= 11 is 18.3. The van der Waals surface area contributed by atoms with Crippen LogP contribution in [0.15, 0.2) is 74.4 Å². The van der Waals surface area contributed by atoms with Crippen molar-refractivity contribution in [3.8, 4) is 23.1 Å². The summed E-state index contributed by atoms with van der Waals surface area (Å²) in [7, 11) is 0. The van der Waals surface area contributed by atoms with Crippen LogP contribution in [0, 0.1) is 13.8 Å². The van der Waals surface area contributed by atoms with Crippen molar-refractivity contribution in [2.75, 3.05) is 5.73 Å². The van der Waals surface area contributed by atoms with Gasteiger partial charge in [-0.05, 0) is 101 Å². The van der Waals surface area contributed by atoms with Crippen LogP contribution in [0.1, 0.15) is 73.8 Å². The lowest BCUT2D eigenvalue weighted by Crippen LogP contribution is -2.42. The highest BCUT2D eigenvalue weighted by Crippen LogP contribution is 2.33. The minimum Gasteiger partial charge on any atom is -0.474 e. The molecule has 6 aromatic rings. The van der Waals surface area contributed by atoms with Gasteiger partial charge in [0.25, 0.3) is 0 Å². The first kappa shape index (κ1) is 40.8. The van der Waals surface area contributed by atoms with E-state index in [2.05, 4.69) is 50.7 Å². The standard InChI is InChI=1S/C21H23ClN6O.C12H16ClN3O.C8H7ClN4/c1-13-20(6-14-2-5-17(9-19(14)22)28-12-23-10-26-28)24-11-25-21(13)29-18-7-15-3-4-16(8-18)27-15;1-7-11(13)14-6-15-12(7)17-10-4-8-2-3-9(5-10)16-8;9-7-3-6(1-2-8(7)10)13-5-11-4-12-13/h2,5,9-12,15-16,18,27H,3-4,6-8H2,1H3;6,8-10,16H,2-5H2,1H3;1-5H,10H2. The molecule has 59 heavy (non-hydrogen) atoms. The van der Waals surface area contributed by atoms with Gasteiger partial charge in [0, 0.05) is 46.7 Å². The SMILES string of the molecule is Cc1c(Cc2ccc(-n3cncn3)cc2Cl)ncnc1OC1CC2CCC(C1)N2.Cc1c(Cl)ncnc1OC1CC2CCC(C1)N2.Nc1ccc(-n2cncn2)cc1Cl. The zero-order valence-corrected chi connectivity index (χ0v) is 35.0. The van der Waals surface area contributed by atoms with Gasteiger partial charge in [-0.15, -0.1) is 0 Å². The second kappa shape index (κ2) is 18.6. The number of nitrogens with one attached hydrogen (secondary N) is 2. The highest BCUT2D eigenvalue weighted by molar-refractivity contribution is 6.33. The Morgan fingerprint density at radius 3 is 1.66 bits per heavy atom. The van der Waals surface area contributed by atoms with Crippen molar-refractivity contribution in [1.82, 2.24) is 60.1 Å². The summed E-state index contributed by atoms with van der Waals surface area (Å²) in [5.41, 5.74) is 11.6. The summed E-state index contributed by atoms with van der Waals surface area (Å²) in [6.07, 6.45) is 19.6. The lowest BCUT2D eigenvalue weighted by atomic mass is 10.0. The Balaban J connectivity index is 0.000000136. The number of ether oxygens (including phenoxy) is 2. The molecule has 0 amide bonds. The fraction of sp³-hybridized carbons (Fsp3) is 0.415. The van der Waals surface area contributed by atoms with Crippen molar-refractivity contribution in [3.05, 3.63) is 112 Å². The molecule has 10 rings (SSSR count). The molecule has 4 atom stereocenters. The van der Waals surface area contributed by atoms with Crippen molar-refractivity contribution < 1.29 is 9.47 Å². The van der Waals surface area contributed by atoms with Gasteiger partial charge in [0.1, 0.15) is 55.3 Å². The third kappa shape index (κ3) is 10.1. The molecule has 4 saturated heterocycles. The predicted molar refractivity (Wildman–Crippen MR) is 226 cm³/mol. The highest BCUT2D eigenvalue weighted by atomic mass is 35.5. The summed E-state index contributed by atoms with van der Waals surface area (Å²) in [6.45, 7) is 3.92. The van der Waals surface area contributed by atoms with E-state index >= 15 is 0 Å². The number of rotatable bonds is 8. The van der Waals surface area contributed by atoms with Gasteiger partial charge in [-0.25, -0.2) is 39.3 Å². The molecular formula is C41H46Cl3N13O2. The van der Waals surface area contributed by atoms with Crippen LogP contribution in [0.5, 0.6) is 11.8 Å². The first-order chi connectivity index (χ1) is 28.6. The minimum atomic E-state index is 0.223. The highest BCUT2D eigenvalue weighted by Gasteiger charge is 2.36. The fourth-order valence-corrected chi connectivity index (χ4v) is 8.70. The normalized spacial score (nSPS) is 22.8. The van der Waals surface area contributed by atoms with Crippen molar-refractivity contribution in [2.24, 2.45) is 0 Å². The Morgan fingerprint density at radius 1 is 0.644 bits per heavy atom. The zero-order chi connectivity index (χ0) is 40.9. The van der Waals surface area contributed by atoms with Crippen LogP contribution in [0.3, 0.4) is 0 Å². The van der Waals surface area contributed by atoms with Gasteiger partial charge in [-0.3, -0.25) is 0 Å². The first-order valence-electron chi connectivity index (χ1n) is 19.8. The molecule has 4 unspecified atom stereocenters. The maximum Gasteiger partial charge on any atom is 0.221 e. The molecule has 4 aliphatic heterocycles. The zero-order valence-electron chi connectivity index (χ0n) is 32.8. The van der Waals surface area contributed by atoms with Crippen LogP contribution in [0.2, 0.25) is 15.2 Å². The van der Waals surface area contributed by atoms with E-state index in [9.17, 15) is 0 Å². The van der Waals surface area contributed by atoms with Gasteiger partial charge in [0.15, 0.2) is 0 Å². The molecule has 2 aromatic carbocycles. The number of nitrogen functional groups attached to an aromatic ring is 1. The fourth-order valence-electron chi connectivity index (χ4n) is 8.16. The monoisotopic (exact) mass is 857 g/mol. The number of hydrogen-bond donors (Lipinski definition) is 3. The number of benzene rings is 2. The van der Waals surface area contributed by atoms with Gasteiger partial charge in [0.2, 0.25) is 11.8 Å². The lowest BCUT2D eigenvalue weighted by molar-refractivity contribution is 0.130. The van der Waals surface area contributed by atoms with Crippen LogP contribution in [0.25, 0.3) is 11.4 Å². The summed E-state index contributed by atoms with van der Waals surface area (Å²) < 4.78 is 15.6. The number of hydrogen-bond acceptors (Lipinski definition) is 13. The van der Waals surface area contributed by atoms with E-state index in [1.54, 1.807) is 40.5 Å². The van der Waals surface area contributed by atoms with Gasteiger partial charge >= 0.3 is 0 Å². The van der Waals surface area contributed by atoms with Crippen LogP contribution in [-0.4, -0.2) is 85.8 Å². The molecule has 4 bridgehead atoms. The number of halogens is 3. The molecule has 0 spiro atoms. The smallest absolute Gasteiger partial charge is 0.221 e. The van der Waals surface area contributed by atoms with Crippen LogP contribution < -0.4 is 25.8 Å². The average molecular weight is 859 g/mol. The molecule has 308 valence electrons. The summed E-state index contributed by atoms with van der Waals surface area (Å²) in [5, 5.41) is 17.0. The number of anilines is 1. The molecule has 0 radical (unpaired) electrons. The van der Waals surface area contributed by atoms with E-state index in [0.717, 1.165) is 59.4 Å². The summed E-state index contributed by atoms with van der Waals surface area (Å²) in [4.78, 5) is 24.8. The molecule has 0 aliphatic carbocycles.